The minimum Gasteiger partial charge on any atom is -0.494 e. The van der Waals surface area contributed by atoms with Gasteiger partial charge in [0.15, 0.2) is 10.9 Å². The number of para-hydroxylation sites is 2. The second kappa shape index (κ2) is 8.16. The third-order valence-electron chi connectivity index (χ3n) is 3.81. The van der Waals surface area contributed by atoms with Gasteiger partial charge < -0.3 is 9.72 Å². The number of hydrogen-bond donors (Lipinski definition) is 1. The number of nitrogens with zero attached hydrogens (tertiary/aromatic N) is 2. The fourth-order valence-corrected chi connectivity index (χ4v) is 5.23. The van der Waals surface area contributed by atoms with Crippen molar-refractivity contribution in [3.8, 4) is 5.75 Å². The zero-order chi connectivity index (χ0) is 17.8. The van der Waals surface area contributed by atoms with Gasteiger partial charge in [-0.3, -0.25) is 4.98 Å². The van der Waals surface area contributed by atoms with Gasteiger partial charge in [0, 0.05) is 22.6 Å². The van der Waals surface area contributed by atoms with E-state index in [4.69, 9.17) is 4.74 Å². The van der Waals surface area contributed by atoms with E-state index in [1.165, 1.54) is 4.88 Å². The highest BCUT2D eigenvalue weighted by molar-refractivity contribution is 7.99. The maximum atomic E-state index is 5.67. The van der Waals surface area contributed by atoms with Crippen LogP contribution in [-0.2, 0) is 11.5 Å². The highest BCUT2D eigenvalue weighted by Crippen LogP contribution is 2.36. The van der Waals surface area contributed by atoms with Gasteiger partial charge in [-0.25, -0.2) is 4.98 Å². The number of hydrogen-bond acceptors (Lipinski definition) is 6. The molecule has 0 atom stereocenters. The first kappa shape index (κ1) is 17.5. The van der Waals surface area contributed by atoms with Gasteiger partial charge in [-0.2, -0.15) is 0 Å². The number of thiophene rings is 1. The minimum absolute atomic E-state index is 0.705. The largest absolute Gasteiger partial charge is 0.494 e. The summed E-state index contributed by atoms with van der Waals surface area (Å²) in [4.78, 5) is 15.0. The first-order valence-corrected chi connectivity index (χ1v) is 10.9. The Hall–Kier alpha value is -1.96. The highest BCUT2D eigenvalue weighted by atomic mass is 32.2. The van der Waals surface area contributed by atoms with Crippen LogP contribution in [0.15, 0.2) is 64.1 Å². The molecule has 4 aromatic rings. The molecule has 0 bridgehead atoms. The molecule has 4 rings (SSSR count). The van der Waals surface area contributed by atoms with E-state index in [0.29, 0.717) is 5.75 Å². The molecule has 0 saturated carbocycles. The Balaban J connectivity index is 1.49. The van der Waals surface area contributed by atoms with Crippen molar-refractivity contribution in [3.05, 3.63) is 64.6 Å². The number of imidazole rings is 1. The number of thioether (sulfide) groups is 2. The quantitative estimate of drug-likeness (QED) is 0.409. The van der Waals surface area contributed by atoms with Crippen LogP contribution in [0.3, 0.4) is 0 Å². The molecule has 0 aliphatic rings. The summed E-state index contributed by atoms with van der Waals surface area (Å²) < 4.78 is 5.67. The minimum atomic E-state index is 0.705. The number of aromatic amines is 1. The zero-order valence-corrected chi connectivity index (χ0v) is 16.6. The van der Waals surface area contributed by atoms with Crippen LogP contribution < -0.4 is 4.74 Å². The average Bonchev–Trinajstić information content (AvgIpc) is 3.33. The van der Waals surface area contributed by atoms with Crippen LogP contribution in [0.4, 0.5) is 0 Å². The van der Waals surface area contributed by atoms with Gasteiger partial charge in [0.05, 0.1) is 28.7 Å². The number of fused-ring (bicyclic) bond motifs is 1. The van der Waals surface area contributed by atoms with Crippen LogP contribution in [0.5, 0.6) is 5.75 Å². The lowest BCUT2D eigenvalue weighted by Gasteiger charge is -2.11. The molecule has 132 valence electrons. The molecule has 0 spiro atoms. The molecule has 0 aliphatic heterocycles. The molecule has 1 N–H and O–H groups in total. The summed E-state index contributed by atoms with van der Waals surface area (Å²) in [5.74, 6) is 2.50. The molecule has 7 heteroatoms. The molecule has 3 heterocycles. The predicted octanol–water partition coefficient (Wildman–Crippen LogP) is 5.61. The van der Waals surface area contributed by atoms with Gasteiger partial charge in [0.2, 0.25) is 0 Å². The summed E-state index contributed by atoms with van der Waals surface area (Å²) >= 11 is 5.19. The van der Waals surface area contributed by atoms with E-state index in [-0.39, 0.29) is 0 Å². The maximum Gasteiger partial charge on any atom is 0.166 e. The van der Waals surface area contributed by atoms with Crippen molar-refractivity contribution in [3.63, 3.8) is 0 Å². The lowest BCUT2D eigenvalue weighted by Crippen LogP contribution is -1.96. The number of pyridine rings is 1. The zero-order valence-electron chi connectivity index (χ0n) is 14.1. The second-order valence-electron chi connectivity index (χ2n) is 5.50. The van der Waals surface area contributed by atoms with Crippen molar-refractivity contribution in [2.75, 3.05) is 7.11 Å². The predicted molar refractivity (Wildman–Crippen MR) is 110 cm³/mol. The van der Waals surface area contributed by atoms with E-state index < -0.39 is 0 Å². The molecule has 0 amide bonds. The summed E-state index contributed by atoms with van der Waals surface area (Å²) in [5, 5.41) is 3.00. The summed E-state index contributed by atoms with van der Waals surface area (Å²) in [6.07, 6.45) is 1.85. The van der Waals surface area contributed by atoms with Crippen LogP contribution in [0.1, 0.15) is 10.6 Å². The van der Waals surface area contributed by atoms with Crippen molar-refractivity contribution in [2.24, 2.45) is 0 Å². The molecule has 0 radical (unpaired) electrons. The van der Waals surface area contributed by atoms with E-state index in [1.54, 1.807) is 42.0 Å². The van der Waals surface area contributed by atoms with Gasteiger partial charge >= 0.3 is 0 Å². The van der Waals surface area contributed by atoms with Crippen molar-refractivity contribution in [1.82, 2.24) is 15.0 Å². The number of ether oxygens (including phenoxy) is 1. The van der Waals surface area contributed by atoms with Crippen molar-refractivity contribution in [1.29, 1.82) is 0 Å². The number of aromatic nitrogens is 3. The van der Waals surface area contributed by atoms with Gasteiger partial charge in [0.1, 0.15) is 0 Å². The number of rotatable bonds is 7. The molecule has 26 heavy (non-hydrogen) atoms. The first-order valence-electron chi connectivity index (χ1n) is 8.08. The van der Waals surface area contributed by atoms with E-state index in [9.17, 15) is 0 Å². The number of nitrogens with one attached hydrogen (secondary N) is 1. The maximum absolute atomic E-state index is 5.67. The van der Waals surface area contributed by atoms with Crippen LogP contribution >= 0.6 is 34.9 Å². The molecule has 1 aromatic carbocycles. The number of methoxy groups -OCH3 is 1. The molecule has 0 aliphatic carbocycles. The summed E-state index contributed by atoms with van der Waals surface area (Å²) in [7, 11) is 1.71. The second-order valence-corrected chi connectivity index (χ2v) is 8.52. The highest BCUT2D eigenvalue weighted by Gasteiger charge is 2.13. The Morgan fingerprint density at radius 1 is 1.08 bits per heavy atom. The number of benzene rings is 1. The van der Waals surface area contributed by atoms with Crippen molar-refractivity contribution < 1.29 is 4.74 Å². The van der Waals surface area contributed by atoms with Gasteiger partial charge in [-0.1, -0.05) is 30.0 Å². The van der Waals surface area contributed by atoms with Crippen LogP contribution in [-0.4, -0.2) is 22.1 Å². The fraction of sp³-hybridized carbons (Fsp3) is 0.158. The third kappa shape index (κ3) is 3.90. The Labute approximate surface area is 164 Å². The molecular formula is C19H17N3OS3. The Bertz CT molecular complexity index is 965. The van der Waals surface area contributed by atoms with E-state index in [0.717, 1.165) is 38.3 Å². The molecular weight excluding hydrogens is 382 g/mol. The van der Waals surface area contributed by atoms with Crippen LogP contribution in [0, 0.1) is 0 Å². The lowest BCUT2D eigenvalue weighted by molar-refractivity contribution is 0.398. The summed E-state index contributed by atoms with van der Waals surface area (Å²) in [6, 6.07) is 14.3. The van der Waals surface area contributed by atoms with Crippen molar-refractivity contribution in [2.45, 2.75) is 21.6 Å². The molecule has 4 nitrogen and oxygen atoms in total. The molecule has 0 saturated heterocycles. The monoisotopic (exact) mass is 399 g/mol. The normalized spacial score (nSPS) is 11.1. The van der Waals surface area contributed by atoms with Gasteiger partial charge in [0.25, 0.3) is 0 Å². The Kier molecular flexibility index (Phi) is 5.48. The van der Waals surface area contributed by atoms with Gasteiger partial charge in [-0.05, 0) is 29.6 Å². The van der Waals surface area contributed by atoms with Crippen LogP contribution in [0.2, 0.25) is 0 Å². The molecule has 3 aromatic heterocycles. The van der Waals surface area contributed by atoms with Crippen molar-refractivity contribution >= 4 is 45.9 Å². The Morgan fingerprint density at radius 3 is 2.81 bits per heavy atom. The van der Waals surface area contributed by atoms with Crippen LogP contribution in [0.25, 0.3) is 11.0 Å². The summed E-state index contributed by atoms with van der Waals surface area (Å²) in [6.45, 7) is 0. The molecule has 0 unspecified atom stereocenters. The Morgan fingerprint density at radius 2 is 2.00 bits per heavy atom. The standard InChI is InChI=1S/C19H17N3OS3/c1-23-18-16(12-26-19-21-14-6-2-3-7-15(14)22-19)20-9-8-17(18)25-11-13-5-4-10-24-13/h2-10H,11-12H2,1H3,(H,21,22). The van der Waals surface area contributed by atoms with Gasteiger partial charge in [-0.15, -0.1) is 23.1 Å². The first-order chi connectivity index (χ1) is 12.8. The summed E-state index contributed by atoms with van der Waals surface area (Å²) in [5.41, 5.74) is 2.97. The number of H-pyrrole nitrogens is 1. The molecule has 0 fully saturated rings. The SMILES string of the molecule is COc1c(SCc2cccs2)ccnc1CSc1nc2ccccc2[nH]1. The van der Waals surface area contributed by atoms with E-state index in [2.05, 4.69) is 32.5 Å². The lowest BCUT2D eigenvalue weighted by atomic mass is 10.3. The fourth-order valence-electron chi connectivity index (χ4n) is 2.58. The van der Waals surface area contributed by atoms with E-state index in [1.807, 2.05) is 36.5 Å². The smallest absolute Gasteiger partial charge is 0.166 e. The topological polar surface area (TPSA) is 50.8 Å². The third-order valence-corrected chi connectivity index (χ3v) is 6.84. The van der Waals surface area contributed by atoms with E-state index >= 15 is 0 Å². The average molecular weight is 400 g/mol.